The molecule has 0 bridgehead atoms. The Bertz CT molecular complexity index is 868. The minimum Gasteiger partial charge on any atom is -0.407 e. The maximum absolute atomic E-state index is 7.44. The molecule has 180 valence electrons. The van der Waals surface area contributed by atoms with Crippen molar-refractivity contribution in [2.24, 2.45) is 17.3 Å². The fourth-order valence-electron chi connectivity index (χ4n) is 6.42. The van der Waals surface area contributed by atoms with Gasteiger partial charge in [-0.3, -0.25) is 0 Å². The Morgan fingerprint density at radius 2 is 1.52 bits per heavy atom. The third-order valence-electron chi connectivity index (χ3n) is 8.16. The number of rotatable bonds is 7. The Kier molecular flexibility index (Phi) is 7.48. The van der Waals surface area contributed by atoms with Crippen LogP contribution in [-0.2, 0) is 13.9 Å². The molecular formula is C28H39IO3Si. The average molecular weight is 579 g/mol. The lowest BCUT2D eigenvalue weighted by atomic mass is 9.72. The lowest BCUT2D eigenvalue weighted by Gasteiger charge is -2.49. The first-order chi connectivity index (χ1) is 15.7. The van der Waals surface area contributed by atoms with Crippen LogP contribution in [0.5, 0.6) is 0 Å². The predicted octanol–water partition coefficient (Wildman–Crippen LogP) is 5.79. The number of ether oxygens (including phenoxy) is 2. The van der Waals surface area contributed by atoms with Gasteiger partial charge in [0.1, 0.15) is 0 Å². The zero-order valence-corrected chi connectivity index (χ0v) is 23.9. The van der Waals surface area contributed by atoms with Crippen LogP contribution in [0.4, 0.5) is 0 Å². The zero-order valence-electron chi connectivity index (χ0n) is 20.8. The van der Waals surface area contributed by atoms with Gasteiger partial charge in [0, 0.05) is 22.9 Å². The highest BCUT2D eigenvalue weighted by molar-refractivity contribution is 14.1. The van der Waals surface area contributed by atoms with E-state index in [2.05, 4.69) is 118 Å². The molecule has 4 rings (SSSR count). The van der Waals surface area contributed by atoms with Gasteiger partial charge >= 0.3 is 0 Å². The summed E-state index contributed by atoms with van der Waals surface area (Å²) in [5.41, 5.74) is -0.193. The van der Waals surface area contributed by atoms with E-state index in [1.54, 1.807) is 0 Å². The number of hydrogen-bond acceptors (Lipinski definition) is 3. The van der Waals surface area contributed by atoms with Crippen molar-refractivity contribution in [1.82, 2.24) is 0 Å². The highest BCUT2D eigenvalue weighted by Gasteiger charge is 2.63. The summed E-state index contributed by atoms with van der Waals surface area (Å²) >= 11 is 2.53. The van der Waals surface area contributed by atoms with Crippen LogP contribution in [-0.4, -0.2) is 38.4 Å². The van der Waals surface area contributed by atoms with Crippen molar-refractivity contribution in [2.45, 2.75) is 58.3 Å². The standard InChI is InChI=1S/C28H39IO3Si/c1-22(20-29)25-16-17-28(30-18-19-31-28)27(25,5)21-32-33(26(2,3)4,23-12-8-6-9-13-23)24-14-10-7-11-15-24/h6-15,22,25H,16-21H2,1-5H3/t22-,25+,27+/m1/s1. The molecule has 33 heavy (non-hydrogen) atoms. The molecule has 0 unspecified atom stereocenters. The van der Waals surface area contributed by atoms with Crippen molar-refractivity contribution in [3.05, 3.63) is 60.7 Å². The van der Waals surface area contributed by atoms with E-state index >= 15 is 0 Å². The molecule has 1 spiro atoms. The monoisotopic (exact) mass is 578 g/mol. The minimum atomic E-state index is -2.62. The van der Waals surface area contributed by atoms with E-state index < -0.39 is 14.1 Å². The Morgan fingerprint density at radius 1 is 1.00 bits per heavy atom. The van der Waals surface area contributed by atoms with Crippen molar-refractivity contribution in [1.29, 1.82) is 0 Å². The second kappa shape index (κ2) is 9.73. The number of benzene rings is 2. The van der Waals surface area contributed by atoms with Crippen molar-refractivity contribution in [3.63, 3.8) is 0 Å². The third kappa shape index (κ3) is 4.26. The van der Waals surface area contributed by atoms with Gasteiger partial charge in [0.15, 0.2) is 5.79 Å². The van der Waals surface area contributed by atoms with Gasteiger partial charge in [0.05, 0.1) is 13.2 Å². The van der Waals surface area contributed by atoms with E-state index in [4.69, 9.17) is 13.9 Å². The van der Waals surface area contributed by atoms with Gasteiger partial charge in [0.25, 0.3) is 8.32 Å². The Hall–Kier alpha value is -0.733. The Labute approximate surface area is 214 Å². The van der Waals surface area contributed by atoms with E-state index in [-0.39, 0.29) is 10.5 Å². The third-order valence-corrected chi connectivity index (χ3v) is 14.5. The lowest BCUT2D eigenvalue weighted by molar-refractivity contribution is -0.235. The molecule has 2 aromatic carbocycles. The maximum atomic E-state index is 7.44. The van der Waals surface area contributed by atoms with Gasteiger partial charge in [-0.25, -0.2) is 0 Å². The highest BCUT2D eigenvalue weighted by atomic mass is 127. The van der Waals surface area contributed by atoms with Gasteiger partial charge in [-0.1, -0.05) is 118 Å². The molecular weight excluding hydrogens is 539 g/mol. The normalized spacial score (nSPS) is 26.1. The molecule has 2 aliphatic rings. The molecule has 0 N–H and O–H groups in total. The minimum absolute atomic E-state index is 0.0421. The first-order valence-electron chi connectivity index (χ1n) is 12.3. The molecule has 5 heteroatoms. The molecule has 1 saturated heterocycles. The van der Waals surface area contributed by atoms with Gasteiger partial charge in [-0.2, -0.15) is 0 Å². The molecule has 3 nitrogen and oxygen atoms in total. The van der Waals surface area contributed by atoms with Crippen LogP contribution in [0.25, 0.3) is 0 Å². The maximum Gasteiger partial charge on any atom is 0.261 e. The van der Waals surface area contributed by atoms with Crippen LogP contribution in [0.2, 0.25) is 5.04 Å². The van der Waals surface area contributed by atoms with Crippen LogP contribution in [0, 0.1) is 17.3 Å². The second-order valence-electron chi connectivity index (χ2n) is 11.1. The first-order valence-corrected chi connectivity index (χ1v) is 15.7. The van der Waals surface area contributed by atoms with Crippen LogP contribution in [0.3, 0.4) is 0 Å². The quantitative estimate of drug-likeness (QED) is 0.237. The van der Waals surface area contributed by atoms with Crippen molar-refractivity contribution in [3.8, 4) is 0 Å². The summed E-state index contributed by atoms with van der Waals surface area (Å²) in [4.78, 5) is 0. The molecule has 0 aromatic heterocycles. The summed E-state index contributed by atoms with van der Waals surface area (Å²) in [6.45, 7) is 13.8. The molecule has 1 heterocycles. The Morgan fingerprint density at radius 3 is 1.97 bits per heavy atom. The second-order valence-corrected chi connectivity index (χ2v) is 16.3. The molecule has 0 amide bonds. The summed E-state index contributed by atoms with van der Waals surface area (Å²) in [7, 11) is -2.62. The summed E-state index contributed by atoms with van der Waals surface area (Å²) < 4.78 is 21.4. The largest absolute Gasteiger partial charge is 0.407 e. The van der Waals surface area contributed by atoms with Gasteiger partial charge in [-0.05, 0) is 33.7 Å². The fraction of sp³-hybridized carbons (Fsp3) is 0.571. The molecule has 0 radical (unpaired) electrons. The van der Waals surface area contributed by atoms with Gasteiger partial charge < -0.3 is 13.9 Å². The van der Waals surface area contributed by atoms with Crippen molar-refractivity contribution in [2.75, 3.05) is 24.2 Å². The topological polar surface area (TPSA) is 27.7 Å². The summed E-state index contributed by atoms with van der Waals surface area (Å²) in [6.07, 6.45) is 2.09. The average Bonchev–Trinajstić information content (AvgIpc) is 3.40. The summed E-state index contributed by atoms with van der Waals surface area (Å²) in [6, 6.07) is 21.9. The first kappa shape index (κ1) is 25.4. The van der Waals surface area contributed by atoms with Crippen LogP contribution >= 0.6 is 22.6 Å². The molecule has 1 aliphatic heterocycles. The predicted molar refractivity (Wildman–Crippen MR) is 147 cm³/mol. The van der Waals surface area contributed by atoms with E-state index in [9.17, 15) is 0 Å². The Balaban J connectivity index is 1.81. The lowest BCUT2D eigenvalue weighted by Crippen LogP contribution is -2.68. The smallest absolute Gasteiger partial charge is 0.261 e. The van der Waals surface area contributed by atoms with E-state index in [1.165, 1.54) is 10.4 Å². The van der Waals surface area contributed by atoms with E-state index in [0.29, 0.717) is 31.7 Å². The van der Waals surface area contributed by atoms with Crippen molar-refractivity contribution < 1.29 is 13.9 Å². The molecule has 1 saturated carbocycles. The zero-order chi connectivity index (χ0) is 23.7. The summed E-state index contributed by atoms with van der Waals surface area (Å²) in [5.74, 6) is 0.569. The highest BCUT2D eigenvalue weighted by Crippen LogP contribution is 2.58. The van der Waals surface area contributed by atoms with Crippen LogP contribution < -0.4 is 10.4 Å². The SMILES string of the molecule is C[C@H](CI)[C@@H]1CCC2(OCCO2)[C@@]1(C)CO[Si](c1ccccc1)(c1ccccc1)C(C)(C)C. The number of alkyl halides is 1. The number of halogens is 1. The van der Waals surface area contributed by atoms with Crippen LogP contribution in [0.15, 0.2) is 60.7 Å². The molecule has 1 aliphatic carbocycles. The number of hydrogen-bond donors (Lipinski definition) is 0. The molecule has 3 atom stereocenters. The van der Waals surface area contributed by atoms with E-state index in [0.717, 1.165) is 17.3 Å². The van der Waals surface area contributed by atoms with E-state index in [1.807, 2.05) is 0 Å². The fourth-order valence-corrected chi connectivity index (χ4v) is 11.7. The summed E-state index contributed by atoms with van der Waals surface area (Å²) in [5, 5.41) is 2.61. The molecule has 2 aromatic rings. The van der Waals surface area contributed by atoms with Gasteiger partial charge in [0.2, 0.25) is 0 Å². The van der Waals surface area contributed by atoms with Crippen LogP contribution in [0.1, 0.15) is 47.5 Å². The molecule has 2 fully saturated rings. The van der Waals surface area contributed by atoms with Gasteiger partial charge in [-0.15, -0.1) is 0 Å². The van der Waals surface area contributed by atoms with Crippen molar-refractivity contribution >= 4 is 41.3 Å².